The Labute approximate surface area is 90.1 Å². The summed E-state index contributed by atoms with van der Waals surface area (Å²) in [5, 5.41) is 3.22. The molecule has 0 bridgehead atoms. The Hall–Kier alpha value is -0.810. The largest absolute Gasteiger partial charge is 0.508 e. The Morgan fingerprint density at radius 3 is 2.87 bits per heavy atom. The van der Waals surface area contributed by atoms with Crippen molar-refractivity contribution in [2.75, 3.05) is 26.3 Å². The van der Waals surface area contributed by atoms with Crippen molar-refractivity contribution in [2.45, 2.75) is 32.5 Å². The molecule has 1 unspecified atom stereocenters. The lowest BCUT2D eigenvalue weighted by Gasteiger charge is -2.36. The lowest BCUT2D eigenvalue weighted by molar-refractivity contribution is -0.115. The first kappa shape index (κ1) is 12.3. The second-order valence-corrected chi connectivity index (χ2v) is 4.12. The third kappa shape index (κ3) is 4.48. The van der Waals surface area contributed by atoms with Crippen molar-refractivity contribution in [1.29, 1.82) is 0 Å². The van der Waals surface area contributed by atoms with Crippen LogP contribution in [0.1, 0.15) is 20.8 Å². The van der Waals surface area contributed by atoms with Crippen LogP contribution in [0.15, 0.2) is 0 Å². The Kier molecular flexibility index (Phi) is 4.35. The van der Waals surface area contributed by atoms with Gasteiger partial charge in [0.05, 0.1) is 12.2 Å². The van der Waals surface area contributed by atoms with Crippen LogP contribution in [-0.2, 0) is 14.2 Å². The highest BCUT2D eigenvalue weighted by Crippen LogP contribution is 2.15. The van der Waals surface area contributed by atoms with E-state index >= 15 is 0 Å². The third-order valence-electron chi connectivity index (χ3n) is 2.06. The van der Waals surface area contributed by atoms with Gasteiger partial charge in [0.2, 0.25) is 0 Å². The number of morpholine rings is 1. The molecule has 0 spiro atoms. The minimum Gasteiger partial charge on any atom is -0.435 e. The number of nitrogens with one attached hydrogen (secondary N) is 1. The zero-order chi connectivity index (χ0) is 11.3. The van der Waals surface area contributed by atoms with E-state index in [2.05, 4.69) is 10.1 Å². The number of rotatable bonds is 3. The topological polar surface area (TPSA) is 56.8 Å². The van der Waals surface area contributed by atoms with Crippen molar-refractivity contribution >= 4 is 6.16 Å². The standard InChI is InChI=1S/C10H19NO4/c1-4-13-9(12)14-6-8-5-11-7-10(2,3)15-8/h8,11H,4-7H2,1-3H3. The highest BCUT2D eigenvalue weighted by atomic mass is 16.7. The number of hydrogen-bond donors (Lipinski definition) is 1. The molecule has 0 radical (unpaired) electrons. The SMILES string of the molecule is CCOC(=O)OCC1CNCC(C)(C)O1. The van der Waals surface area contributed by atoms with Crippen LogP contribution in [0.3, 0.4) is 0 Å². The summed E-state index contributed by atoms with van der Waals surface area (Å²) in [7, 11) is 0. The molecule has 88 valence electrons. The van der Waals surface area contributed by atoms with E-state index < -0.39 is 6.16 Å². The van der Waals surface area contributed by atoms with Crippen LogP contribution in [0.25, 0.3) is 0 Å². The van der Waals surface area contributed by atoms with Crippen molar-refractivity contribution in [3.05, 3.63) is 0 Å². The number of carbonyl (C=O) groups is 1. The smallest absolute Gasteiger partial charge is 0.435 e. The maximum Gasteiger partial charge on any atom is 0.508 e. The van der Waals surface area contributed by atoms with Crippen LogP contribution in [0.2, 0.25) is 0 Å². The van der Waals surface area contributed by atoms with E-state index in [1.54, 1.807) is 6.92 Å². The van der Waals surface area contributed by atoms with Gasteiger partial charge in [0.1, 0.15) is 12.7 Å². The zero-order valence-corrected chi connectivity index (χ0v) is 9.54. The maximum absolute atomic E-state index is 10.9. The second-order valence-electron chi connectivity index (χ2n) is 4.12. The number of carbonyl (C=O) groups excluding carboxylic acids is 1. The molecule has 0 saturated carbocycles. The van der Waals surface area contributed by atoms with E-state index in [-0.39, 0.29) is 18.3 Å². The zero-order valence-electron chi connectivity index (χ0n) is 9.54. The molecule has 1 rings (SSSR count). The van der Waals surface area contributed by atoms with E-state index in [1.165, 1.54) is 0 Å². The van der Waals surface area contributed by atoms with Crippen molar-refractivity contribution in [2.24, 2.45) is 0 Å². The lowest BCUT2D eigenvalue weighted by Crippen LogP contribution is -2.52. The summed E-state index contributed by atoms with van der Waals surface area (Å²) in [6, 6.07) is 0. The average Bonchev–Trinajstić information content (AvgIpc) is 2.14. The van der Waals surface area contributed by atoms with Crippen molar-refractivity contribution in [3.8, 4) is 0 Å². The van der Waals surface area contributed by atoms with Gasteiger partial charge in [0, 0.05) is 13.1 Å². The summed E-state index contributed by atoms with van der Waals surface area (Å²) in [5.41, 5.74) is -0.207. The fraction of sp³-hybridized carbons (Fsp3) is 0.900. The van der Waals surface area contributed by atoms with Crippen molar-refractivity contribution < 1.29 is 19.0 Å². The number of hydrogen-bond acceptors (Lipinski definition) is 5. The molecule has 5 heteroatoms. The molecule has 1 heterocycles. The Bertz CT molecular complexity index is 217. The fourth-order valence-corrected chi connectivity index (χ4v) is 1.48. The van der Waals surface area contributed by atoms with E-state index in [0.717, 1.165) is 6.54 Å². The molecule has 0 amide bonds. The highest BCUT2D eigenvalue weighted by Gasteiger charge is 2.29. The Morgan fingerprint density at radius 2 is 2.27 bits per heavy atom. The molecular formula is C10H19NO4. The predicted octanol–water partition coefficient (Wildman–Crippen LogP) is 0.926. The van der Waals surface area contributed by atoms with Crippen molar-refractivity contribution in [1.82, 2.24) is 5.32 Å². The maximum atomic E-state index is 10.9. The highest BCUT2D eigenvalue weighted by molar-refractivity contribution is 5.59. The van der Waals surface area contributed by atoms with Crippen molar-refractivity contribution in [3.63, 3.8) is 0 Å². The Morgan fingerprint density at radius 1 is 1.53 bits per heavy atom. The molecule has 1 aliphatic rings. The van der Waals surface area contributed by atoms with Gasteiger partial charge in [-0.05, 0) is 20.8 Å². The minimum absolute atomic E-state index is 0.0989. The summed E-state index contributed by atoms with van der Waals surface area (Å²) in [6.07, 6.45) is -0.734. The summed E-state index contributed by atoms with van der Waals surface area (Å²) >= 11 is 0. The molecule has 5 nitrogen and oxygen atoms in total. The van der Waals surface area contributed by atoms with Gasteiger partial charge < -0.3 is 19.5 Å². The third-order valence-corrected chi connectivity index (χ3v) is 2.06. The van der Waals surface area contributed by atoms with Crippen LogP contribution in [0.4, 0.5) is 4.79 Å². The van der Waals surface area contributed by atoms with Gasteiger partial charge in [0.15, 0.2) is 0 Å². The second kappa shape index (κ2) is 5.32. The van der Waals surface area contributed by atoms with E-state index in [0.29, 0.717) is 13.2 Å². The molecule has 0 aromatic rings. The van der Waals surface area contributed by atoms with Gasteiger partial charge in [-0.1, -0.05) is 0 Å². The van der Waals surface area contributed by atoms with Gasteiger partial charge >= 0.3 is 6.16 Å². The lowest BCUT2D eigenvalue weighted by atomic mass is 10.1. The van der Waals surface area contributed by atoms with E-state index in [1.807, 2.05) is 13.8 Å². The van der Waals surface area contributed by atoms with Crippen LogP contribution in [0, 0.1) is 0 Å². The molecule has 15 heavy (non-hydrogen) atoms. The van der Waals surface area contributed by atoms with Crippen LogP contribution < -0.4 is 5.32 Å². The van der Waals surface area contributed by atoms with Gasteiger partial charge in [-0.15, -0.1) is 0 Å². The molecule has 0 aliphatic carbocycles. The van der Waals surface area contributed by atoms with Gasteiger partial charge in [-0.2, -0.15) is 0 Å². The van der Waals surface area contributed by atoms with Gasteiger partial charge in [-0.3, -0.25) is 0 Å². The molecule has 1 fully saturated rings. The van der Waals surface area contributed by atoms with Crippen LogP contribution in [-0.4, -0.2) is 44.2 Å². The molecule has 1 aliphatic heterocycles. The first-order valence-electron chi connectivity index (χ1n) is 5.21. The predicted molar refractivity (Wildman–Crippen MR) is 54.8 cm³/mol. The van der Waals surface area contributed by atoms with E-state index in [4.69, 9.17) is 9.47 Å². The average molecular weight is 217 g/mol. The Balaban J connectivity index is 2.24. The molecule has 0 aromatic carbocycles. The first-order chi connectivity index (χ1) is 7.03. The first-order valence-corrected chi connectivity index (χ1v) is 5.21. The minimum atomic E-state index is -0.635. The van der Waals surface area contributed by atoms with Gasteiger partial charge in [0.25, 0.3) is 0 Å². The molecule has 1 atom stereocenters. The molecular weight excluding hydrogens is 198 g/mol. The number of ether oxygens (including phenoxy) is 3. The molecule has 0 aromatic heterocycles. The van der Waals surface area contributed by atoms with E-state index in [9.17, 15) is 4.79 Å². The quantitative estimate of drug-likeness (QED) is 0.713. The molecule has 1 saturated heterocycles. The normalized spacial score (nSPS) is 24.6. The van der Waals surface area contributed by atoms with Gasteiger partial charge in [-0.25, -0.2) is 4.79 Å². The van der Waals surface area contributed by atoms with Crippen LogP contribution in [0.5, 0.6) is 0 Å². The summed E-state index contributed by atoms with van der Waals surface area (Å²) in [6.45, 7) is 7.80. The summed E-state index contributed by atoms with van der Waals surface area (Å²) in [4.78, 5) is 10.9. The molecule has 1 N–H and O–H groups in total. The van der Waals surface area contributed by atoms with Crippen LogP contribution >= 0.6 is 0 Å². The summed E-state index contributed by atoms with van der Waals surface area (Å²) < 4.78 is 15.2. The monoisotopic (exact) mass is 217 g/mol. The summed E-state index contributed by atoms with van der Waals surface area (Å²) in [5.74, 6) is 0. The fourth-order valence-electron chi connectivity index (χ4n) is 1.48.